The second-order valence-electron chi connectivity index (χ2n) is 8.29. The van der Waals surface area contributed by atoms with Crippen molar-refractivity contribution >= 4 is 23.4 Å². The fraction of sp³-hybridized carbons (Fsp3) is 0.148. The van der Waals surface area contributed by atoms with Crippen LogP contribution in [0.2, 0.25) is 0 Å². The molecule has 1 aliphatic heterocycles. The Morgan fingerprint density at radius 3 is 2.25 bits per heavy atom. The molecule has 180 valence electrons. The second kappa shape index (κ2) is 9.83. The number of aromatic nitrogens is 3. The third kappa shape index (κ3) is 4.85. The van der Waals surface area contributed by atoms with Crippen LogP contribution in [0.25, 0.3) is 5.82 Å². The number of anilines is 1. The van der Waals surface area contributed by atoms with Gasteiger partial charge in [0.25, 0.3) is 11.8 Å². The van der Waals surface area contributed by atoms with E-state index >= 15 is 0 Å². The van der Waals surface area contributed by atoms with Crippen molar-refractivity contribution in [3.63, 3.8) is 0 Å². The summed E-state index contributed by atoms with van der Waals surface area (Å²) in [5.41, 5.74) is 1.43. The molecule has 3 amide bonds. The van der Waals surface area contributed by atoms with Gasteiger partial charge in [-0.3, -0.25) is 19.3 Å². The Balaban J connectivity index is 1.13. The van der Waals surface area contributed by atoms with Crippen LogP contribution in [-0.4, -0.2) is 43.7 Å². The highest BCUT2D eigenvalue weighted by Gasteiger charge is 2.34. The van der Waals surface area contributed by atoms with Crippen LogP contribution < -0.4 is 10.1 Å². The molecule has 0 fully saturated rings. The van der Waals surface area contributed by atoms with Crippen molar-refractivity contribution in [2.75, 3.05) is 11.9 Å². The van der Waals surface area contributed by atoms with Gasteiger partial charge in [0.15, 0.2) is 0 Å². The topological polar surface area (TPSA) is 106 Å². The molecule has 0 saturated heterocycles. The van der Waals surface area contributed by atoms with E-state index in [9.17, 15) is 14.4 Å². The summed E-state index contributed by atoms with van der Waals surface area (Å²) in [7, 11) is 0. The molecule has 3 heterocycles. The van der Waals surface area contributed by atoms with Crippen molar-refractivity contribution in [2.24, 2.45) is 0 Å². The number of imide groups is 1. The molecule has 4 aromatic rings. The number of hydrogen-bond donors (Lipinski definition) is 1. The van der Waals surface area contributed by atoms with Crippen molar-refractivity contribution in [3.05, 3.63) is 96.1 Å². The Labute approximate surface area is 207 Å². The molecule has 0 atom stereocenters. The number of ether oxygens (including phenoxy) is 1. The van der Waals surface area contributed by atoms with Crippen molar-refractivity contribution in [3.8, 4) is 17.4 Å². The molecule has 1 aliphatic rings. The van der Waals surface area contributed by atoms with Crippen molar-refractivity contribution in [1.29, 1.82) is 0 Å². The molecule has 0 saturated carbocycles. The Morgan fingerprint density at radius 2 is 1.58 bits per heavy atom. The first-order valence-electron chi connectivity index (χ1n) is 11.5. The number of fused-ring (bicyclic) bond motifs is 1. The van der Waals surface area contributed by atoms with Gasteiger partial charge in [-0.25, -0.2) is 4.98 Å². The van der Waals surface area contributed by atoms with Gasteiger partial charge in [-0.2, -0.15) is 4.98 Å². The van der Waals surface area contributed by atoms with Gasteiger partial charge in [0.2, 0.25) is 11.8 Å². The number of rotatable bonds is 8. The van der Waals surface area contributed by atoms with Gasteiger partial charge in [-0.05, 0) is 61.9 Å². The summed E-state index contributed by atoms with van der Waals surface area (Å²) in [5.74, 6) is 1.43. The first-order chi connectivity index (χ1) is 17.5. The van der Waals surface area contributed by atoms with E-state index in [1.54, 1.807) is 61.5 Å². The molecule has 2 aromatic heterocycles. The lowest BCUT2D eigenvalue weighted by Crippen LogP contribution is -2.31. The van der Waals surface area contributed by atoms with Gasteiger partial charge < -0.3 is 14.6 Å². The predicted octanol–water partition coefficient (Wildman–Crippen LogP) is 4.38. The van der Waals surface area contributed by atoms with E-state index in [2.05, 4.69) is 15.3 Å². The lowest BCUT2D eigenvalue weighted by Gasteiger charge is -2.13. The molecular formula is C27H23N5O4. The number of nitrogens with zero attached hydrogens (tertiary/aromatic N) is 4. The average Bonchev–Trinajstić information content (AvgIpc) is 3.49. The third-order valence-corrected chi connectivity index (χ3v) is 5.69. The normalized spacial score (nSPS) is 12.5. The quantitative estimate of drug-likeness (QED) is 0.374. The molecule has 36 heavy (non-hydrogen) atoms. The largest absolute Gasteiger partial charge is 0.439 e. The number of nitrogens with one attached hydrogen (secondary N) is 1. The minimum absolute atomic E-state index is 0.175. The molecule has 9 heteroatoms. The molecule has 0 unspecified atom stereocenters. The number of carbonyl (C=O) groups excluding carboxylic acids is 3. The monoisotopic (exact) mass is 481 g/mol. The Bertz CT molecular complexity index is 1400. The lowest BCUT2D eigenvalue weighted by atomic mass is 10.1. The summed E-state index contributed by atoms with van der Waals surface area (Å²) >= 11 is 0. The van der Waals surface area contributed by atoms with E-state index in [1.807, 2.05) is 29.1 Å². The summed E-state index contributed by atoms with van der Waals surface area (Å²) in [6.07, 6.45) is 4.33. The Hall–Kier alpha value is -4.79. The highest BCUT2D eigenvalue weighted by atomic mass is 16.5. The smallest absolute Gasteiger partial charge is 0.261 e. The van der Waals surface area contributed by atoms with Gasteiger partial charge in [-0.15, -0.1) is 0 Å². The predicted molar refractivity (Wildman–Crippen MR) is 132 cm³/mol. The minimum atomic E-state index is -0.314. The first kappa shape index (κ1) is 23.0. The van der Waals surface area contributed by atoms with Crippen LogP contribution in [0.4, 0.5) is 5.69 Å². The zero-order valence-corrected chi connectivity index (χ0v) is 19.5. The van der Waals surface area contributed by atoms with Crippen LogP contribution in [0.1, 0.15) is 39.4 Å². The average molecular weight is 482 g/mol. The minimum Gasteiger partial charge on any atom is -0.439 e. The summed E-state index contributed by atoms with van der Waals surface area (Å²) in [6.45, 7) is 1.99. The van der Waals surface area contributed by atoms with E-state index in [1.165, 1.54) is 4.90 Å². The van der Waals surface area contributed by atoms with Crippen LogP contribution in [0.15, 0.2) is 79.1 Å². The van der Waals surface area contributed by atoms with Gasteiger partial charge in [-0.1, -0.05) is 12.1 Å². The molecule has 0 spiro atoms. The SMILES string of the molecule is Cc1nc(Oc2ccc(NC(=O)CCCN3C(=O)c4ccccc4C3=O)cc2)cc(-n2cccc2)n1. The number of amides is 3. The highest BCUT2D eigenvalue weighted by Crippen LogP contribution is 2.24. The molecule has 9 nitrogen and oxygen atoms in total. The van der Waals surface area contributed by atoms with E-state index in [0.717, 1.165) is 0 Å². The van der Waals surface area contributed by atoms with E-state index in [0.29, 0.717) is 46.5 Å². The fourth-order valence-electron chi connectivity index (χ4n) is 3.99. The summed E-state index contributed by atoms with van der Waals surface area (Å²) in [5, 5.41) is 2.82. The van der Waals surface area contributed by atoms with Gasteiger partial charge in [0.05, 0.1) is 11.1 Å². The highest BCUT2D eigenvalue weighted by molar-refractivity contribution is 6.21. The zero-order valence-electron chi connectivity index (χ0n) is 19.5. The van der Waals surface area contributed by atoms with Gasteiger partial charge in [0.1, 0.15) is 17.4 Å². The zero-order chi connectivity index (χ0) is 25.1. The summed E-state index contributed by atoms with van der Waals surface area (Å²) < 4.78 is 7.75. The summed E-state index contributed by atoms with van der Waals surface area (Å²) in [4.78, 5) is 47.2. The van der Waals surface area contributed by atoms with Crippen molar-refractivity contribution in [1.82, 2.24) is 19.4 Å². The number of benzene rings is 2. The number of aryl methyl sites for hydroxylation is 1. The molecule has 1 N–H and O–H groups in total. The second-order valence-corrected chi connectivity index (χ2v) is 8.29. The molecule has 5 rings (SSSR count). The van der Waals surface area contributed by atoms with E-state index in [-0.39, 0.29) is 30.7 Å². The number of carbonyl (C=O) groups is 3. The van der Waals surface area contributed by atoms with Crippen LogP contribution in [0.5, 0.6) is 11.6 Å². The summed E-state index contributed by atoms with van der Waals surface area (Å²) in [6, 6.07) is 19.3. The third-order valence-electron chi connectivity index (χ3n) is 5.69. The van der Waals surface area contributed by atoms with E-state index < -0.39 is 0 Å². The maximum atomic E-state index is 12.4. The molecular weight excluding hydrogens is 458 g/mol. The fourth-order valence-corrected chi connectivity index (χ4v) is 3.99. The van der Waals surface area contributed by atoms with E-state index in [4.69, 9.17) is 4.74 Å². The van der Waals surface area contributed by atoms with Crippen LogP contribution in [0, 0.1) is 6.92 Å². The Morgan fingerprint density at radius 1 is 0.917 bits per heavy atom. The number of hydrogen-bond acceptors (Lipinski definition) is 6. The van der Waals surface area contributed by atoms with Gasteiger partial charge >= 0.3 is 0 Å². The van der Waals surface area contributed by atoms with Crippen molar-refractivity contribution < 1.29 is 19.1 Å². The molecule has 0 aliphatic carbocycles. The van der Waals surface area contributed by atoms with Crippen LogP contribution in [-0.2, 0) is 4.79 Å². The molecule has 2 aromatic carbocycles. The van der Waals surface area contributed by atoms with Crippen molar-refractivity contribution in [2.45, 2.75) is 19.8 Å². The molecule has 0 radical (unpaired) electrons. The lowest BCUT2D eigenvalue weighted by molar-refractivity contribution is -0.116. The van der Waals surface area contributed by atoms with Crippen LogP contribution >= 0.6 is 0 Å². The first-order valence-corrected chi connectivity index (χ1v) is 11.5. The van der Waals surface area contributed by atoms with Crippen LogP contribution in [0.3, 0.4) is 0 Å². The Kier molecular flexibility index (Phi) is 6.27. The standard InChI is InChI=1S/C27H23N5O4/c1-18-28-23(31-14-4-5-15-31)17-25(29-18)36-20-12-10-19(11-13-20)30-24(33)9-6-16-32-26(34)21-7-2-3-8-22(21)27(32)35/h2-5,7-8,10-15,17H,6,9,16H2,1H3,(H,30,33). The molecule has 0 bridgehead atoms. The van der Waals surface area contributed by atoms with Gasteiger partial charge in [0, 0.05) is 37.1 Å². The maximum Gasteiger partial charge on any atom is 0.261 e. The maximum absolute atomic E-state index is 12.4.